The van der Waals surface area contributed by atoms with E-state index in [9.17, 15) is 0 Å². The lowest BCUT2D eigenvalue weighted by atomic mass is 9.82. The van der Waals surface area contributed by atoms with Gasteiger partial charge in [0.25, 0.3) is 0 Å². The fourth-order valence-electron chi connectivity index (χ4n) is 6.30. The molecule has 0 aromatic heterocycles. The lowest BCUT2D eigenvalue weighted by molar-refractivity contribution is 1.63. The Balaban J connectivity index is 1.66. The molecule has 0 radical (unpaired) electrons. The molecule has 178 valence electrons. The summed E-state index contributed by atoms with van der Waals surface area (Å²) in [6.45, 7) is 0. The molecule has 2 heteroatoms. The number of halogens is 2. The average Bonchev–Trinajstić information content (AvgIpc) is 3.28. The summed E-state index contributed by atoms with van der Waals surface area (Å²) < 4.78 is 0. The van der Waals surface area contributed by atoms with Crippen LogP contribution in [0.3, 0.4) is 0 Å². The van der Waals surface area contributed by atoms with Crippen molar-refractivity contribution < 1.29 is 0 Å². The van der Waals surface area contributed by atoms with E-state index in [2.05, 4.69) is 97.1 Å². The Kier molecular flexibility index (Phi) is 4.73. The summed E-state index contributed by atoms with van der Waals surface area (Å²) >= 11 is 12.7. The van der Waals surface area contributed by atoms with Crippen LogP contribution in [0.15, 0.2) is 121 Å². The van der Waals surface area contributed by atoms with Gasteiger partial charge in [0, 0.05) is 10.0 Å². The second kappa shape index (κ2) is 8.20. The zero-order chi connectivity index (χ0) is 25.4. The van der Waals surface area contributed by atoms with Crippen LogP contribution in [0, 0.1) is 0 Å². The van der Waals surface area contributed by atoms with Gasteiger partial charge in [0.2, 0.25) is 0 Å². The predicted octanol–water partition coefficient (Wildman–Crippen LogP) is 11.4. The molecule has 8 rings (SSSR count). The second-order valence-corrected chi connectivity index (χ2v) is 10.8. The zero-order valence-corrected chi connectivity index (χ0v) is 21.8. The largest absolute Gasteiger partial charge is 0.0843 e. The molecule has 0 heterocycles. The summed E-state index contributed by atoms with van der Waals surface area (Å²) in [4.78, 5) is 0. The van der Waals surface area contributed by atoms with Crippen molar-refractivity contribution in [3.8, 4) is 44.5 Å². The molecule has 7 aromatic carbocycles. The summed E-state index contributed by atoms with van der Waals surface area (Å²) in [5, 5.41) is 8.98. The minimum Gasteiger partial charge on any atom is -0.0843 e. The van der Waals surface area contributed by atoms with Gasteiger partial charge in [-0.05, 0) is 113 Å². The number of hydrogen-bond donors (Lipinski definition) is 0. The summed E-state index contributed by atoms with van der Waals surface area (Å²) in [5.74, 6) is 0. The maximum absolute atomic E-state index is 6.36. The minimum absolute atomic E-state index is 0.739. The minimum atomic E-state index is 0.739. The molecule has 0 spiro atoms. The molecule has 7 aromatic rings. The van der Waals surface area contributed by atoms with Crippen molar-refractivity contribution in [3.05, 3.63) is 131 Å². The quantitative estimate of drug-likeness (QED) is 0.198. The number of benzene rings is 7. The Morgan fingerprint density at radius 2 is 0.789 bits per heavy atom. The predicted molar refractivity (Wildman–Crippen MR) is 164 cm³/mol. The van der Waals surface area contributed by atoms with E-state index in [4.69, 9.17) is 23.2 Å². The molecular weight excluding hydrogens is 503 g/mol. The van der Waals surface area contributed by atoms with Crippen LogP contribution < -0.4 is 0 Å². The van der Waals surface area contributed by atoms with Gasteiger partial charge in [0.05, 0.1) is 0 Å². The summed E-state index contributed by atoms with van der Waals surface area (Å²) in [5.41, 5.74) is 9.96. The van der Waals surface area contributed by atoms with Crippen LogP contribution in [0.25, 0.3) is 76.8 Å². The van der Waals surface area contributed by atoms with Crippen molar-refractivity contribution in [3.63, 3.8) is 0 Å². The first kappa shape index (κ1) is 21.9. The maximum atomic E-state index is 6.36. The van der Waals surface area contributed by atoms with Crippen molar-refractivity contribution in [1.82, 2.24) is 0 Å². The molecule has 1 aliphatic rings. The Labute approximate surface area is 230 Å². The molecule has 0 nitrogen and oxygen atoms in total. The van der Waals surface area contributed by atoms with Gasteiger partial charge in [0.15, 0.2) is 0 Å². The van der Waals surface area contributed by atoms with Crippen molar-refractivity contribution in [2.45, 2.75) is 0 Å². The third kappa shape index (κ3) is 3.11. The smallest absolute Gasteiger partial charge is 0.0406 e. The van der Waals surface area contributed by atoms with E-state index in [1.165, 1.54) is 76.8 Å². The summed E-state index contributed by atoms with van der Waals surface area (Å²) in [7, 11) is 0. The third-order valence-electron chi connectivity index (χ3n) is 7.88. The highest BCUT2D eigenvalue weighted by Gasteiger charge is 2.30. The molecule has 0 saturated carbocycles. The highest BCUT2D eigenvalue weighted by atomic mass is 35.5. The van der Waals surface area contributed by atoms with Gasteiger partial charge in [-0.1, -0.05) is 108 Å². The number of fused-ring (bicyclic) bond motifs is 5. The maximum Gasteiger partial charge on any atom is 0.0406 e. The van der Waals surface area contributed by atoms with Crippen LogP contribution in [0.1, 0.15) is 0 Å². The van der Waals surface area contributed by atoms with E-state index in [0.717, 1.165) is 10.0 Å². The van der Waals surface area contributed by atoms with Gasteiger partial charge in [0.1, 0.15) is 0 Å². The van der Waals surface area contributed by atoms with Crippen LogP contribution in [0.4, 0.5) is 0 Å². The highest BCUT2D eigenvalue weighted by molar-refractivity contribution is 6.32. The molecule has 0 atom stereocenters. The first-order valence-electron chi connectivity index (χ1n) is 12.7. The fraction of sp³-hybridized carbons (Fsp3) is 0. The highest BCUT2D eigenvalue weighted by Crippen LogP contribution is 2.58. The third-order valence-corrected chi connectivity index (χ3v) is 8.39. The van der Waals surface area contributed by atoms with Crippen molar-refractivity contribution in [2.75, 3.05) is 0 Å². The Morgan fingerprint density at radius 1 is 0.368 bits per heavy atom. The average molecular weight is 523 g/mol. The lowest BCUT2D eigenvalue weighted by Gasteiger charge is -2.21. The van der Waals surface area contributed by atoms with Crippen LogP contribution in [0.2, 0.25) is 10.0 Å². The Morgan fingerprint density at radius 3 is 1.24 bits per heavy atom. The normalized spacial score (nSPS) is 11.9. The first-order valence-corrected chi connectivity index (χ1v) is 13.5. The van der Waals surface area contributed by atoms with Crippen molar-refractivity contribution in [2.24, 2.45) is 0 Å². The SMILES string of the molecule is Clc1ccc(-c2c3c(c(-c4ccc(Cl)cc4)c4cc5ccccc5cc24)-c2cccc4cccc-3c24)cc1. The van der Waals surface area contributed by atoms with E-state index < -0.39 is 0 Å². The number of hydrogen-bond acceptors (Lipinski definition) is 0. The van der Waals surface area contributed by atoms with Gasteiger partial charge in [-0.3, -0.25) is 0 Å². The van der Waals surface area contributed by atoms with Crippen molar-refractivity contribution >= 4 is 55.5 Å². The molecule has 0 fully saturated rings. The van der Waals surface area contributed by atoms with E-state index >= 15 is 0 Å². The molecule has 0 N–H and O–H groups in total. The molecule has 0 bridgehead atoms. The van der Waals surface area contributed by atoms with Gasteiger partial charge in [-0.25, -0.2) is 0 Å². The van der Waals surface area contributed by atoms with Gasteiger partial charge in [-0.15, -0.1) is 0 Å². The van der Waals surface area contributed by atoms with E-state index in [1.54, 1.807) is 0 Å². The fourth-order valence-corrected chi connectivity index (χ4v) is 6.55. The molecule has 0 saturated heterocycles. The lowest BCUT2D eigenvalue weighted by Crippen LogP contribution is -1.94. The van der Waals surface area contributed by atoms with Gasteiger partial charge < -0.3 is 0 Å². The molecule has 0 amide bonds. The van der Waals surface area contributed by atoms with E-state index in [0.29, 0.717) is 0 Å². The van der Waals surface area contributed by atoms with Crippen LogP contribution in [0.5, 0.6) is 0 Å². The monoisotopic (exact) mass is 522 g/mol. The zero-order valence-electron chi connectivity index (χ0n) is 20.3. The first-order chi connectivity index (χ1) is 18.7. The molecule has 0 aliphatic heterocycles. The molecule has 38 heavy (non-hydrogen) atoms. The van der Waals surface area contributed by atoms with Crippen LogP contribution in [-0.2, 0) is 0 Å². The molecule has 1 aliphatic carbocycles. The van der Waals surface area contributed by atoms with Gasteiger partial charge in [-0.2, -0.15) is 0 Å². The van der Waals surface area contributed by atoms with E-state index in [1.807, 2.05) is 24.3 Å². The second-order valence-electron chi connectivity index (χ2n) is 9.97. The Bertz CT molecular complexity index is 1920. The van der Waals surface area contributed by atoms with E-state index in [-0.39, 0.29) is 0 Å². The molecule has 0 unspecified atom stereocenters. The Hall–Kier alpha value is -4.10. The molecular formula is C36H20Cl2. The number of rotatable bonds is 2. The standard InChI is InChI=1S/C36H20Cl2/c37-26-15-11-22(12-16-26)33-30-19-24-5-1-2-6-25(24)20-31(30)34(23-13-17-27(38)18-14-23)36-29-10-4-8-21-7-3-9-28(32(21)29)35(33)36/h1-20H. The van der Waals surface area contributed by atoms with Crippen LogP contribution in [-0.4, -0.2) is 0 Å². The van der Waals surface area contributed by atoms with Gasteiger partial charge >= 0.3 is 0 Å². The van der Waals surface area contributed by atoms with Crippen molar-refractivity contribution in [1.29, 1.82) is 0 Å². The summed E-state index contributed by atoms with van der Waals surface area (Å²) in [6.07, 6.45) is 0. The van der Waals surface area contributed by atoms with Crippen LogP contribution >= 0.6 is 23.2 Å². The topological polar surface area (TPSA) is 0 Å². The summed E-state index contributed by atoms with van der Waals surface area (Å²) in [6, 6.07) is 43.2.